The average molecular weight is 491 g/mol. The summed E-state index contributed by atoms with van der Waals surface area (Å²) in [5.74, 6) is 0.574. The second-order valence-corrected chi connectivity index (χ2v) is 10.3. The van der Waals surface area contributed by atoms with Crippen molar-refractivity contribution in [1.82, 2.24) is 13.9 Å². The molecule has 8 nitrogen and oxygen atoms in total. The molecule has 1 N–H and O–H groups in total. The van der Waals surface area contributed by atoms with Gasteiger partial charge in [-0.05, 0) is 49.7 Å². The number of fused-ring (bicyclic) bond motifs is 1. The molecule has 33 heavy (non-hydrogen) atoms. The number of rotatable bonds is 7. The lowest BCUT2D eigenvalue weighted by molar-refractivity contribution is -0.116. The zero-order valence-electron chi connectivity index (χ0n) is 18.7. The number of halogens is 1. The number of amides is 1. The number of ether oxygens (including phenoxy) is 1. The highest BCUT2D eigenvalue weighted by molar-refractivity contribution is 7.89. The van der Waals surface area contributed by atoms with Crippen LogP contribution in [0.3, 0.4) is 0 Å². The molecule has 0 unspecified atom stereocenters. The van der Waals surface area contributed by atoms with E-state index in [9.17, 15) is 13.2 Å². The van der Waals surface area contributed by atoms with Crippen LogP contribution in [0.2, 0.25) is 5.02 Å². The number of anilines is 1. The molecular formula is C23H27ClN4O4S. The smallest absolute Gasteiger partial charge is 0.243 e. The van der Waals surface area contributed by atoms with Gasteiger partial charge in [-0.1, -0.05) is 17.7 Å². The number of carbonyl (C=O) groups is 1. The Labute approximate surface area is 198 Å². The molecule has 0 bridgehead atoms. The minimum Gasteiger partial charge on any atom is -0.379 e. The van der Waals surface area contributed by atoms with Crippen LogP contribution < -0.4 is 5.32 Å². The molecule has 0 spiro atoms. The third-order valence-electron chi connectivity index (χ3n) is 5.70. The maximum absolute atomic E-state index is 13.0. The Morgan fingerprint density at radius 2 is 1.94 bits per heavy atom. The summed E-state index contributed by atoms with van der Waals surface area (Å²) in [6.07, 6.45) is 0.649. The van der Waals surface area contributed by atoms with Crippen molar-refractivity contribution in [3.63, 3.8) is 0 Å². The van der Waals surface area contributed by atoms with Crippen LogP contribution in [-0.4, -0.2) is 54.5 Å². The molecule has 0 saturated carbocycles. The molecule has 10 heteroatoms. The van der Waals surface area contributed by atoms with Crippen molar-refractivity contribution in [2.45, 2.75) is 38.1 Å². The number of aromatic nitrogens is 2. The third-order valence-corrected chi connectivity index (χ3v) is 7.90. The van der Waals surface area contributed by atoms with E-state index in [1.165, 1.54) is 4.31 Å². The Bertz CT molecular complexity index is 1280. The number of sulfonamides is 1. The monoisotopic (exact) mass is 490 g/mol. The van der Waals surface area contributed by atoms with Gasteiger partial charge in [0.1, 0.15) is 5.82 Å². The van der Waals surface area contributed by atoms with Crippen LogP contribution in [0, 0.1) is 6.92 Å². The number of nitrogens with one attached hydrogen (secondary N) is 1. The predicted octanol–water partition coefficient (Wildman–Crippen LogP) is 3.61. The number of nitrogens with zero attached hydrogens (tertiary/aromatic N) is 3. The van der Waals surface area contributed by atoms with Gasteiger partial charge in [-0.25, -0.2) is 13.4 Å². The van der Waals surface area contributed by atoms with Crippen LogP contribution in [0.4, 0.5) is 5.69 Å². The van der Waals surface area contributed by atoms with Crippen LogP contribution in [0.15, 0.2) is 41.3 Å². The Kier molecular flexibility index (Phi) is 7.04. The average Bonchev–Trinajstić information content (AvgIpc) is 3.17. The van der Waals surface area contributed by atoms with Crippen LogP contribution in [0.1, 0.15) is 24.7 Å². The van der Waals surface area contributed by atoms with Gasteiger partial charge in [0.2, 0.25) is 15.9 Å². The Morgan fingerprint density at radius 3 is 2.64 bits per heavy atom. The van der Waals surface area contributed by atoms with E-state index in [1.54, 1.807) is 30.3 Å². The van der Waals surface area contributed by atoms with Crippen LogP contribution >= 0.6 is 11.6 Å². The largest absolute Gasteiger partial charge is 0.379 e. The minimum absolute atomic E-state index is 0.161. The van der Waals surface area contributed by atoms with Crippen molar-refractivity contribution in [2.75, 3.05) is 31.6 Å². The highest BCUT2D eigenvalue weighted by atomic mass is 35.5. The SMILES string of the molecule is CCn1c(CCC(=O)Nc2ccc(C)cc2Cl)nc2cc(S(=O)(=O)N3CCOCC3)ccc21. The van der Waals surface area contributed by atoms with Gasteiger partial charge in [0.25, 0.3) is 0 Å². The van der Waals surface area contributed by atoms with Gasteiger partial charge in [0.15, 0.2) is 0 Å². The number of hydrogen-bond donors (Lipinski definition) is 1. The Balaban J connectivity index is 1.52. The first kappa shape index (κ1) is 23.7. The molecule has 0 radical (unpaired) electrons. The minimum atomic E-state index is -3.60. The normalized spacial score (nSPS) is 15.1. The maximum Gasteiger partial charge on any atom is 0.243 e. The van der Waals surface area contributed by atoms with Crippen molar-refractivity contribution in [1.29, 1.82) is 0 Å². The Hall–Kier alpha value is -2.46. The molecule has 0 atom stereocenters. The lowest BCUT2D eigenvalue weighted by atomic mass is 10.2. The van der Waals surface area contributed by atoms with Gasteiger partial charge in [0, 0.05) is 32.5 Å². The lowest BCUT2D eigenvalue weighted by Gasteiger charge is -2.26. The first-order chi connectivity index (χ1) is 15.8. The summed E-state index contributed by atoms with van der Waals surface area (Å²) >= 11 is 6.21. The molecular weight excluding hydrogens is 464 g/mol. The predicted molar refractivity (Wildman–Crippen MR) is 128 cm³/mol. The van der Waals surface area contributed by atoms with Crippen molar-refractivity contribution >= 4 is 44.3 Å². The van der Waals surface area contributed by atoms with Gasteiger partial charge >= 0.3 is 0 Å². The van der Waals surface area contributed by atoms with Crippen molar-refractivity contribution in [3.05, 3.63) is 52.8 Å². The quantitative estimate of drug-likeness (QED) is 0.546. The number of hydrogen-bond acceptors (Lipinski definition) is 5. The molecule has 4 rings (SSSR count). The molecule has 2 heterocycles. The second-order valence-electron chi connectivity index (χ2n) is 7.97. The molecule has 1 amide bonds. The number of morpholine rings is 1. The molecule has 1 fully saturated rings. The van der Waals surface area contributed by atoms with E-state index in [2.05, 4.69) is 10.3 Å². The first-order valence-corrected chi connectivity index (χ1v) is 12.7. The molecule has 1 aliphatic rings. The highest BCUT2D eigenvalue weighted by Gasteiger charge is 2.27. The van der Waals surface area contributed by atoms with Crippen LogP contribution in [0.25, 0.3) is 11.0 Å². The van der Waals surface area contributed by atoms with Crippen LogP contribution in [-0.2, 0) is 32.5 Å². The molecule has 1 aromatic heterocycles. The number of aryl methyl sites for hydroxylation is 3. The number of carbonyl (C=O) groups excluding carboxylic acids is 1. The summed E-state index contributed by atoms with van der Waals surface area (Å²) in [7, 11) is -3.60. The van der Waals surface area contributed by atoms with E-state index >= 15 is 0 Å². The van der Waals surface area contributed by atoms with E-state index in [0.29, 0.717) is 55.5 Å². The van der Waals surface area contributed by atoms with Crippen LogP contribution in [0.5, 0.6) is 0 Å². The standard InChI is InChI=1S/C23H27ClN4O4S/c1-3-28-21-7-5-17(33(30,31)27-10-12-32-13-11-27)15-20(21)25-22(28)8-9-23(29)26-19-6-4-16(2)14-18(19)24/h4-7,14-15H,3,8-13H2,1-2H3,(H,26,29). The fourth-order valence-electron chi connectivity index (χ4n) is 3.96. The lowest BCUT2D eigenvalue weighted by Crippen LogP contribution is -2.40. The Morgan fingerprint density at radius 1 is 1.18 bits per heavy atom. The fourth-order valence-corrected chi connectivity index (χ4v) is 5.67. The molecule has 1 aliphatic heterocycles. The van der Waals surface area contributed by atoms with E-state index in [4.69, 9.17) is 16.3 Å². The first-order valence-electron chi connectivity index (χ1n) is 10.9. The van der Waals surface area contributed by atoms with Gasteiger partial charge in [-0.3, -0.25) is 4.79 Å². The van der Waals surface area contributed by atoms with E-state index in [-0.39, 0.29) is 17.2 Å². The van der Waals surface area contributed by atoms with Crippen molar-refractivity contribution < 1.29 is 17.9 Å². The number of benzene rings is 2. The van der Waals surface area contributed by atoms with Crippen molar-refractivity contribution in [2.24, 2.45) is 0 Å². The summed E-state index contributed by atoms with van der Waals surface area (Å²) in [6.45, 7) is 6.06. The summed E-state index contributed by atoms with van der Waals surface area (Å²) in [5.41, 5.74) is 3.04. The zero-order chi connectivity index (χ0) is 23.6. The molecule has 3 aromatic rings. The number of imidazole rings is 1. The fraction of sp³-hybridized carbons (Fsp3) is 0.391. The van der Waals surface area contributed by atoms with Crippen molar-refractivity contribution in [3.8, 4) is 0 Å². The van der Waals surface area contributed by atoms with E-state index < -0.39 is 10.0 Å². The summed E-state index contributed by atoms with van der Waals surface area (Å²) < 4.78 is 34.7. The molecule has 0 aliphatic carbocycles. The van der Waals surface area contributed by atoms with Gasteiger partial charge in [0.05, 0.1) is 39.9 Å². The third kappa shape index (κ3) is 5.06. The van der Waals surface area contributed by atoms with Gasteiger partial charge in [-0.15, -0.1) is 0 Å². The van der Waals surface area contributed by atoms with E-state index in [1.807, 2.05) is 24.5 Å². The second kappa shape index (κ2) is 9.80. The molecule has 176 valence electrons. The maximum atomic E-state index is 13.0. The summed E-state index contributed by atoms with van der Waals surface area (Å²) in [6, 6.07) is 10.5. The highest BCUT2D eigenvalue weighted by Crippen LogP contribution is 2.25. The summed E-state index contributed by atoms with van der Waals surface area (Å²) in [4.78, 5) is 17.4. The topological polar surface area (TPSA) is 93.5 Å². The van der Waals surface area contributed by atoms with Gasteiger partial charge in [-0.2, -0.15) is 4.31 Å². The summed E-state index contributed by atoms with van der Waals surface area (Å²) in [5, 5.41) is 3.34. The molecule has 1 saturated heterocycles. The molecule has 2 aromatic carbocycles. The van der Waals surface area contributed by atoms with E-state index in [0.717, 1.165) is 16.9 Å². The van der Waals surface area contributed by atoms with Gasteiger partial charge < -0.3 is 14.6 Å². The zero-order valence-corrected chi connectivity index (χ0v) is 20.2.